The third-order valence-electron chi connectivity index (χ3n) is 4.54. The first-order valence-corrected chi connectivity index (χ1v) is 6.73. The Hall–Kier alpha value is -0.860. The number of piperidine rings is 1. The van der Waals surface area contributed by atoms with Gasteiger partial charge in [-0.05, 0) is 18.3 Å². The summed E-state index contributed by atoms with van der Waals surface area (Å²) >= 11 is 0. The third-order valence-corrected chi connectivity index (χ3v) is 4.54. The third kappa shape index (κ3) is 2.38. The highest BCUT2D eigenvalue weighted by molar-refractivity contribution is 5.86. The molecule has 3 heteroatoms. The Bertz CT molecular complexity index is 335. The highest BCUT2D eigenvalue weighted by Gasteiger charge is 2.42. The van der Waals surface area contributed by atoms with Gasteiger partial charge in [0.05, 0.1) is 0 Å². The number of nitrogens with zero attached hydrogens (tertiary/aromatic N) is 1. The lowest BCUT2D eigenvalue weighted by molar-refractivity contribution is -0.142. The summed E-state index contributed by atoms with van der Waals surface area (Å²) in [5.74, 6) is 0.784. The van der Waals surface area contributed by atoms with Crippen LogP contribution >= 0.6 is 0 Å². The minimum absolute atomic E-state index is 0.0252. The molecule has 0 radical (unpaired) electrons. The van der Waals surface area contributed by atoms with Crippen molar-refractivity contribution < 1.29 is 9.59 Å². The van der Waals surface area contributed by atoms with Crippen molar-refractivity contribution in [2.24, 2.45) is 17.3 Å². The standard InChI is InChI=1S/C14H23NO2/c1-10-9-15(8-6-12(10)16)13(17)11-5-4-7-14(11,2)3/h10-11H,4-9H2,1-3H3. The second-order valence-corrected chi connectivity index (χ2v) is 6.34. The number of ketones is 1. The zero-order chi connectivity index (χ0) is 12.6. The van der Waals surface area contributed by atoms with Gasteiger partial charge in [0.15, 0.2) is 0 Å². The predicted molar refractivity (Wildman–Crippen MR) is 66.5 cm³/mol. The van der Waals surface area contributed by atoms with Crippen molar-refractivity contribution in [1.82, 2.24) is 4.90 Å². The van der Waals surface area contributed by atoms with Gasteiger partial charge in [0.1, 0.15) is 5.78 Å². The molecule has 0 aromatic carbocycles. The van der Waals surface area contributed by atoms with E-state index in [1.54, 1.807) is 0 Å². The van der Waals surface area contributed by atoms with Crippen LogP contribution in [0, 0.1) is 17.3 Å². The minimum atomic E-state index is 0.0252. The molecule has 0 N–H and O–H groups in total. The van der Waals surface area contributed by atoms with Crippen LogP contribution in [0.1, 0.15) is 46.5 Å². The maximum atomic E-state index is 12.5. The Morgan fingerprint density at radius 1 is 1.41 bits per heavy atom. The number of carbonyl (C=O) groups is 2. The average molecular weight is 237 g/mol. The maximum Gasteiger partial charge on any atom is 0.226 e. The maximum absolute atomic E-state index is 12.5. The van der Waals surface area contributed by atoms with Gasteiger partial charge in [-0.25, -0.2) is 0 Å². The van der Waals surface area contributed by atoms with Crippen molar-refractivity contribution in [3.05, 3.63) is 0 Å². The molecule has 1 saturated carbocycles. The van der Waals surface area contributed by atoms with Crippen molar-refractivity contribution in [2.45, 2.75) is 46.5 Å². The van der Waals surface area contributed by atoms with Crippen LogP contribution in [0.4, 0.5) is 0 Å². The van der Waals surface area contributed by atoms with Crippen LogP contribution in [0.2, 0.25) is 0 Å². The second kappa shape index (κ2) is 4.43. The van der Waals surface area contributed by atoms with Crippen LogP contribution in [0.3, 0.4) is 0 Å². The van der Waals surface area contributed by atoms with Crippen LogP contribution in [0.5, 0.6) is 0 Å². The van der Waals surface area contributed by atoms with E-state index in [1.807, 2.05) is 11.8 Å². The highest BCUT2D eigenvalue weighted by Crippen LogP contribution is 2.43. The van der Waals surface area contributed by atoms with Gasteiger partial charge in [-0.3, -0.25) is 9.59 Å². The fraction of sp³-hybridized carbons (Fsp3) is 0.857. The van der Waals surface area contributed by atoms with E-state index in [9.17, 15) is 9.59 Å². The molecule has 2 unspecified atom stereocenters. The summed E-state index contributed by atoms with van der Waals surface area (Å²) < 4.78 is 0. The van der Waals surface area contributed by atoms with Gasteiger partial charge < -0.3 is 4.90 Å². The van der Waals surface area contributed by atoms with Gasteiger partial charge in [0.2, 0.25) is 5.91 Å². The van der Waals surface area contributed by atoms with E-state index in [2.05, 4.69) is 13.8 Å². The number of rotatable bonds is 1. The van der Waals surface area contributed by atoms with E-state index >= 15 is 0 Å². The molecule has 2 rings (SSSR count). The molecule has 0 bridgehead atoms. The molecule has 0 aromatic rings. The van der Waals surface area contributed by atoms with Crippen molar-refractivity contribution in [3.63, 3.8) is 0 Å². The largest absolute Gasteiger partial charge is 0.341 e. The predicted octanol–water partition coefficient (Wildman–Crippen LogP) is 2.25. The van der Waals surface area contributed by atoms with E-state index in [-0.39, 0.29) is 23.2 Å². The normalized spacial score (nSPS) is 32.9. The molecular weight excluding hydrogens is 214 g/mol. The SMILES string of the molecule is CC1CN(C(=O)C2CCCC2(C)C)CCC1=O. The number of Topliss-reactive ketones (excluding diaryl/α,β-unsaturated/α-hetero) is 1. The van der Waals surface area contributed by atoms with Crippen LogP contribution in [-0.4, -0.2) is 29.7 Å². The van der Waals surface area contributed by atoms with Gasteiger partial charge >= 0.3 is 0 Å². The molecule has 3 nitrogen and oxygen atoms in total. The molecule has 1 saturated heterocycles. The second-order valence-electron chi connectivity index (χ2n) is 6.34. The summed E-state index contributed by atoms with van der Waals surface area (Å²) in [6, 6.07) is 0. The summed E-state index contributed by atoms with van der Waals surface area (Å²) in [7, 11) is 0. The summed E-state index contributed by atoms with van der Waals surface area (Å²) in [5, 5.41) is 0. The molecule has 17 heavy (non-hydrogen) atoms. The first-order valence-electron chi connectivity index (χ1n) is 6.73. The lowest BCUT2D eigenvalue weighted by Crippen LogP contribution is -2.47. The molecule has 1 amide bonds. The highest BCUT2D eigenvalue weighted by atomic mass is 16.2. The van der Waals surface area contributed by atoms with E-state index in [0.29, 0.717) is 25.3 Å². The molecule has 0 spiro atoms. The average Bonchev–Trinajstić information content (AvgIpc) is 2.61. The Morgan fingerprint density at radius 3 is 2.65 bits per heavy atom. The van der Waals surface area contributed by atoms with Crippen LogP contribution < -0.4 is 0 Å². The van der Waals surface area contributed by atoms with Crippen molar-refractivity contribution in [2.75, 3.05) is 13.1 Å². The smallest absolute Gasteiger partial charge is 0.226 e. The Labute approximate surface area is 104 Å². The Kier molecular flexibility index (Phi) is 3.28. The van der Waals surface area contributed by atoms with Gasteiger partial charge in [-0.15, -0.1) is 0 Å². The number of likely N-dealkylation sites (tertiary alicyclic amines) is 1. The summed E-state index contributed by atoms with van der Waals surface area (Å²) in [5.41, 5.74) is 0.141. The summed E-state index contributed by atoms with van der Waals surface area (Å²) in [4.78, 5) is 25.9. The molecule has 96 valence electrons. The molecule has 2 fully saturated rings. The fourth-order valence-electron chi connectivity index (χ4n) is 3.22. The first kappa shape index (κ1) is 12.6. The zero-order valence-corrected chi connectivity index (χ0v) is 11.2. The van der Waals surface area contributed by atoms with Gasteiger partial charge in [-0.2, -0.15) is 0 Å². The number of hydrogen-bond acceptors (Lipinski definition) is 2. The van der Waals surface area contributed by atoms with Gasteiger partial charge in [-0.1, -0.05) is 27.2 Å². The summed E-state index contributed by atoms with van der Waals surface area (Å²) in [6.45, 7) is 7.59. The number of hydrogen-bond donors (Lipinski definition) is 0. The monoisotopic (exact) mass is 237 g/mol. The molecule has 0 aromatic heterocycles. The molecule has 1 aliphatic carbocycles. The lowest BCUT2D eigenvalue weighted by atomic mass is 9.80. The topological polar surface area (TPSA) is 37.4 Å². The molecule has 2 aliphatic rings. The van der Waals surface area contributed by atoms with E-state index in [1.165, 1.54) is 0 Å². The quantitative estimate of drug-likeness (QED) is 0.701. The molecule has 1 heterocycles. The molecular formula is C14H23NO2. The van der Waals surface area contributed by atoms with Crippen LogP contribution in [0.25, 0.3) is 0 Å². The van der Waals surface area contributed by atoms with E-state index in [4.69, 9.17) is 0 Å². The Balaban J connectivity index is 2.03. The van der Waals surface area contributed by atoms with Crippen molar-refractivity contribution >= 4 is 11.7 Å². The number of carbonyl (C=O) groups excluding carboxylic acids is 2. The zero-order valence-electron chi connectivity index (χ0n) is 11.2. The van der Waals surface area contributed by atoms with Gasteiger partial charge in [0.25, 0.3) is 0 Å². The molecule has 2 atom stereocenters. The lowest BCUT2D eigenvalue weighted by Gasteiger charge is -2.35. The minimum Gasteiger partial charge on any atom is -0.341 e. The van der Waals surface area contributed by atoms with Crippen LogP contribution in [0.15, 0.2) is 0 Å². The van der Waals surface area contributed by atoms with Gasteiger partial charge in [0, 0.05) is 31.3 Å². The van der Waals surface area contributed by atoms with E-state index in [0.717, 1.165) is 19.3 Å². The fourth-order valence-corrected chi connectivity index (χ4v) is 3.22. The van der Waals surface area contributed by atoms with Crippen molar-refractivity contribution in [3.8, 4) is 0 Å². The molecule has 1 aliphatic heterocycles. The van der Waals surface area contributed by atoms with Crippen LogP contribution in [-0.2, 0) is 9.59 Å². The van der Waals surface area contributed by atoms with E-state index < -0.39 is 0 Å². The Morgan fingerprint density at radius 2 is 2.12 bits per heavy atom. The summed E-state index contributed by atoms with van der Waals surface area (Å²) in [6.07, 6.45) is 3.86. The van der Waals surface area contributed by atoms with Crippen molar-refractivity contribution in [1.29, 1.82) is 0 Å². The first-order chi connectivity index (χ1) is 7.92. The number of amides is 1.